The van der Waals surface area contributed by atoms with Crippen LogP contribution in [0.25, 0.3) is 0 Å². The number of carbonyl (C=O) groups excluding carboxylic acids is 1. The molecule has 9 nitrogen and oxygen atoms in total. The summed E-state index contributed by atoms with van der Waals surface area (Å²) in [5.41, 5.74) is 0.335. The lowest BCUT2D eigenvalue weighted by molar-refractivity contribution is -0.139. The van der Waals surface area contributed by atoms with Crippen molar-refractivity contribution in [2.75, 3.05) is 26.3 Å². The quantitative estimate of drug-likeness (QED) is 0.485. The molecular formula is C11H18N4O5. The molecule has 0 fully saturated rings. The first-order valence-corrected chi connectivity index (χ1v) is 5.98. The second-order valence-electron chi connectivity index (χ2n) is 4.10. The van der Waals surface area contributed by atoms with Gasteiger partial charge in [0.25, 0.3) is 0 Å². The average molecular weight is 286 g/mol. The summed E-state index contributed by atoms with van der Waals surface area (Å²) in [6.45, 7) is -0.548. The summed E-state index contributed by atoms with van der Waals surface area (Å²) < 4.78 is 1.43. The van der Waals surface area contributed by atoms with Crippen LogP contribution in [0.2, 0.25) is 0 Å². The monoisotopic (exact) mass is 286 g/mol. The Morgan fingerprint density at radius 3 is 2.40 bits per heavy atom. The number of aromatic nitrogens is 2. The molecule has 1 atom stereocenters. The highest BCUT2D eigenvalue weighted by Gasteiger charge is 2.25. The Bertz CT molecular complexity index is 455. The van der Waals surface area contributed by atoms with Gasteiger partial charge < -0.3 is 25.5 Å². The van der Waals surface area contributed by atoms with Crippen LogP contribution in [-0.2, 0) is 11.8 Å². The first kappa shape index (κ1) is 15.9. The minimum absolute atomic E-state index is 0.00573. The number of urea groups is 1. The molecule has 20 heavy (non-hydrogen) atoms. The highest BCUT2D eigenvalue weighted by atomic mass is 16.4. The van der Waals surface area contributed by atoms with Gasteiger partial charge in [0.2, 0.25) is 0 Å². The third-order valence-corrected chi connectivity index (χ3v) is 2.60. The highest BCUT2D eigenvalue weighted by Crippen LogP contribution is 2.12. The second-order valence-corrected chi connectivity index (χ2v) is 4.10. The van der Waals surface area contributed by atoms with E-state index in [1.165, 1.54) is 17.1 Å². The average Bonchev–Trinajstić information content (AvgIpc) is 2.81. The molecule has 0 aromatic carbocycles. The van der Waals surface area contributed by atoms with Crippen LogP contribution in [0.5, 0.6) is 0 Å². The zero-order valence-corrected chi connectivity index (χ0v) is 11.1. The number of nitrogens with one attached hydrogen (secondary N) is 1. The van der Waals surface area contributed by atoms with Gasteiger partial charge >= 0.3 is 12.0 Å². The predicted octanol–water partition coefficient (Wildman–Crippen LogP) is -1.46. The van der Waals surface area contributed by atoms with Crippen LogP contribution >= 0.6 is 0 Å². The minimum Gasteiger partial charge on any atom is -0.479 e. The van der Waals surface area contributed by atoms with Gasteiger partial charge in [-0.2, -0.15) is 5.10 Å². The van der Waals surface area contributed by atoms with Gasteiger partial charge in [0.15, 0.2) is 6.04 Å². The molecule has 1 aromatic rings. The first-order chi connectivity index (χ1) is 9.49. The molecule has 0 saturated carbocycles. The van der Waals surface area contributed by atoms with Crippen LogP contribution in [0.3, 0.4) is 0 Å². The number of nitrogens with zero attached hydrogens (tertiary/aromatic N) is 3. The van der Waals surface area contributed by atoms with Gasteiger partial charge in [-0.05, 0) is 0 Å². The van der Waals surface area contributed by atoms with E-state index in [0.29, 0.717) is 5.56 Å². The molecule has 1 aromatic heterocycles. The Balaban J connectivity index is 2.79. The first-order valence-electron chi connectivity index (χ1n) is 5.98. The van der Waals surface area contributed by atoms with Crippen molar-refractivity contribution >= 4 is 12.0 Å². The van der Waals surface area contributed by atoms with Crippen molar-refractivity contribution in [3.63, 3.8) is 0 Å². The molecule has 0 aliphatic heterocycles. The Morgan fingerprint density at radius 1 is 1.40 bits per heavy atom. The number of aliphatic hydroxyl groups excluding tert-OH is 2. The predicted molar refractivity (Wildman–Crippen MR) is 67.9 cm³/mol. The van der Waals surface area contributed by atoms with Crippen molar-refractivity contribution in [2.45, 2.75) is 6.04 Å². The van der Waals surface area contributed by atoms with E-state index < -0.39 is 18.0 Å². The van der Waals surface area contributed by atoms with Gasteiger partial charge in [0, 0.05) is 31.9 Å². The number of carbonyl (C=O) groups is 2. The third-order valence-electron chi connectivity index (χ3n) is 2.60. The summed E-state index contributed by atoms with van der Waals surface area (Å²) in [6.07, 6.45) is 2.84. The van der Waals surface area contributed by atoms with Crippen LogP contribution in [0.15, 0.2) is 12.4 Å². The third kappa shape index (κ3) is 4.21. The lowest BCUT2D eigenvalue weighted by atomic mass is 10.1. The fraction of sp³-hybridized carbons (Fsp3) is 0.545. The molecule has 112 valence electrons. The van der Waals surface area contributed by atoms with Crippen molar-refractivity contribution in [3.05, 3.63) is 18.0 Å². The van der Waals surface area contributed by atoms with Crippen LogP contribution in [0.4, 0.5) is 4.79 Å². The fourth-order valence-electron chi connectivity index (χ4n) is 1.65. The van der Waals surface area contributed by atoms with Crippen LogP contribution in [0, 0.1) is 0 Å². The SMILES string of the molecule is Cn1cc(C(NC(=O)N(CCO)CCO)C(=O)O)cn1. The van der Waals surface area contributed by atoms with Crippen LogP contribution in [0.1, 0.15) is 11.6 Å². The number of rotatable bonds is 7. The molecule has 1 rings (SSSR count). The zero-order chi connectivity index (χ0) is 15.1. The Hall–Kier alpha value is -2.13. The zero-order valence-electron chi connectivity index (χ0n) is 11.1. The standard InChI is InChI=1S/C11H18N4O5/c1-14-7-8(6-12-14)9(10(18)19)13-11(20)15(2-4-16)3-5-17/h6-7,9,16-17H,2-5H2,1H3,(H,13,20)(H,18,19). The van der Waals surface area contributed by atoms with Gasteiger partial charge in [-0.1, -0.05) is 0 Å². The molecule has 0 saturated heterocycles. The molecule has 1 heterocycles. The summed E-state index contributed by atoms with van der Waals surface area (Å²) >= 11 is 0. The van der Waals surface area contributed by atoms with E-state index in [9.17, 15) is 9.59 Å². The van der Waals surface area contributed by atoms with Crippen LogP contribution in [-0.4, -0.2) is 68.3 Å². The maximum atomic E-state index is 11.9. The number of amides is 2. The molecule has 0 spiro atoms. The van der Waals surface area contributed by atoms with Gasteiger partial charge in [-0.25, -0.2) is 9.59 Å². The lowest BCUT2D eigenvalue weighted by Gasteiger charge is -2.23. The lowest BCUT2D eigenvalue weighted by Crippen LogP contribution is -2.45. The van der Waals surface area contributed by atoms with Crippen molar-refractivity contribution in [1.82, 2.24) is 20.0 Å². The second kappa shape index (κ2) is 7.46. The number of hydrogen-bond donors (Lipinski definition) is 4. The molecule has 2 amide bonds. The molecular weight excluding hydrogens is 268 g/mol. The molecule has 1 unspecified atom stereocenters. The number of aliphatic carboxylic acids is 1. The summed E-state index contributed by atoms with van der Waals surface area (Å²) in [5, 5.41) is 33.0. The van der Waals surface area contributed by atoms with E-state index >= 15 is 0 Å². The van der Waals surface area contributed by atoms with E-state index in [0.717, 1.165) is 4.90 Å². The summed E-state index contributed by atoms with van der Waals surface area (Å²) in [7, 11) is 1.63. The fourth-order valence-corrected chi connectivity index (χ4v) is 1.65. The molecule has 9 heteroatoms. The van der Waals surface area contributed by atoms with Gasteiger partial charge in [0.1, 0.15) is 0 Å². The molecule has 0 bridgehead atoms. The highest BCUT2D eigenvalue weighted by molar-refractivity contribution is 5.83. The van der Waals surface area contributed by atoms with Crippen molar-refractivity contribution in [2.24, 2.45) is 7.05 Å². The minimum atomic E-state index is -1.24. The van der Waals surface area contributed by atoms with Crippen molar-refractivity contribution < 1.29 is 24.9 Å². The van der Waals surface area contributed by atoms with E-state index in [-0.39, 0.29) is 26.3 Å². The van der Waals surface area contributed by atoms with E-state index in [2.05, 4.69) is 10.4 Å². The van der Waals surface area contributed by atoms with Crippen LogP contribution < -0.4 is 5.32 Å². The van der Waals surface area contributed by atoms with Gasteiger partial charge in [-0.3, -0.25) is 4.68 Å². The van der Waals surface area contributed by atoms with Crippen molar-refractivity contribution in [3.8, 4) is 0 Å². The summed E-state index contributed by atoms with van der Waals surface area (Å²) in [6, 6.07) is -1.92. The normalized spacial score (nSPS) is 11.9. The number of carboxylic acid groups (broad SMARTS) is 1. The van der Waals surface area contributed by atoms with E-state index in [1.54, 1.807) is 7.05 Å². The van der Waals surface area contributed by atoms with E-state index in [1.807, 2.05) is 0 Å². The summed E-state index contributed by atoms with van der Waals surface area (Å²) in [5.74, 6) is -1.22. The summed E-state index contributed by atoms with van der Waals surface area (Å²) in [4.78, 5) is 24.3. The number of hydrogen-bond acceptors (Lipinski definition) is 5. The van der Waals surface area contributed by atoms with Gasteiger partial charge in [-0.15, -0.1) is 0 Å². The smallest absolute Gasteiger partial charge is 0.331 e. The molecule has 0 radical (unpaired) electrons. The number of aliphatic hydroxyl groups is 2. The Kier molecular flexibility index (Phi) is 5.94. The Morgan fingerprint density at radius 2 is 2.00 bits per heavy atom. The number of aryl methyl sites for hydroxylation is 1. The molecule has 0 aliphatic rings. The largest absolute Gasteiger partial charge is 0.479 e. The maximum absolute atomic E-state index is 11.9. The molecule has 0 aliphatic carbocycles. The van der Waals surface area contributed by atoms with E-state index in [4.69, 9.17) is 15.3 Å². The van der Waals surface area contributed by atoms with Gasteiger partial charge in [0.05, 0.1) is 19.4 Å². The maximum Gasteiger partial charge on any atom is 0.331 e. The van der Waals surface area contributed by atoms with Crippen molar-refractivity contribution in [1.29, 1.82) is 0 Å². The Labute approximate surface area is 115 Å². The number of carboxylic acids is 1. The topological polar surface area (TPSA) is 128 Å². The molecule has 4 N–H and O–H groups in total.